The first kappa shape index (κ1) is 17.5. The van der Waals surface area contributed by atoms with Gasteiger partial charge in [0, 0.05) is 17.1 Å². The monoisotopic (exact) mass is 371 g/mol. The average Bonchev–Trinajstić information content (AvgIpc) is 2.34. The lowest BCUT2D eigenvalue weighted by Gasteiger charge is -2.25. The van der Waals surface area contributed by atoms with Crippen LogP contribution in [0.3, 0.4) is 0 Å². The summed E-state index contributed by atoms with van der Waals surface area (Å²) in [6.45, 7) is 3.18. The molecule has 114 valence electrons. The van der Waals surface area contributed by atoms with Gasteiger partial charge < -0.3 is 5.11 Å². The summed E-state index contributed by atoms with van der Waals surface area (Å²) in [6, 6.07) is 1.36. The Bertz CT molecular complexity index is 565. The van der Waals surface area contributed by atoms with E-state index < -0.39 is 32.2 Å². The van der Waals surface area contributed by atoms with Gasteiger partial charge in [0.1, 0.15) is 16.5 Å². The van der Waals surface area contributed by atoms with E-state index in [9.17, 15) is 22.3 Å². The summed E-state index contributed by atoms with van der Waals surface area (Å²) in [7, 11) is -4.19. The largest absolute Gasteiger partial charge is 0.389 e. The second-order valence-corrected chi connectivity index (χ2v) is 7.01. The van der Waals surface area contributed by atoms with Crippen LogP contribution in [0.1, 0.15) is 26.7 Å². The van der Waals surface area contributed by atoms with E-state index in [4.69, 9.17) is 0 Å². The molecule has 0 spiro atoms. The van der Waals surface area contributed by atoms with Gasteiger partial charge in [-0.1, -0.05) is 13.8 Å². The summed E-state index contributed by atoms with van der Waals surface area (Å²) < 4.78 is 52.6. The van der Waals surface area contributed by atoms with Gasteiger partial charge in [-0.3, -0.25) is 0 Å². The Morgan fingerprint density at radius 3 is 2.30 bits per heavy atom. The zero-order valence-corrected chi connectivity index (χ0v) is 13.5. The minimum Gasteiger partial charge on any atom is -0.389 e. The quantitative estimate of drug-likeness (QED) is 0.807. The van der Waals surface area contributed by atoms with Crippen molar-refractivity contribution in [3.8, 4) is 0 Å². The van der Waals surface area contributed by atoms with Gasteiger partial charge >= 0.3 is 0 Å². The van der Waals surface area contributed by atoms with Crippen LogP contribution >= 0.6 is 15.9 Å². The molecule has 8 heteroatoms. The molecule has 0 aliphatic heterocycles. The van der Waals surface area contributed by atoms with Crippen LogP contribution < -0.4 is 4.72 Å². The van der Waals surface area contributed by atoms with Crippen LogP contribution in [-0.4, -0.2) is 25.7 Å². The highest BCUT2D eigenvalue weighted by Crippen LogP contribution is 2.26. The zero-order valence-electron chi connectivity index (χ0n) is 11.1. The van der Waals surface area contributed by atoms with E-state index in [1.165, 1.54) is 0 Å². The third-order valence-corrected chi connectivity index (χ3v) is 5.50. The van der Waals surface area contributed by atoms with Gasteiger partial charge in [0.2, 0.25) is 10.0 Å². The first-order valence-electron chi connectivity index (χ1n) is 6.02. The van der Waals surface area contributed by atoms with Gasteiger partial charge in [0.25, 0.3) is 0 Å². The zero-order chi connectivity index (χ0) is 15.6. The third kappa shape index (κ3) is 3.97. The summed E-state index contributed by atoms with van der Waals surface area (Å²) in [4.78, 5) is -0.673. The molecule has 0 unspecified atom stereocenters. The van der Waals surface area contributed by atoms with Crippen molar-refractivity contribution >= 4 is 26.0 Å². The van der Waals surface area contributed by atoms with E-state index in [1.54, 1.807) is 13.8 Å². The molecule has 0 bridgehead atoms. The van der Waals surface area contributed by atoms with Gasteiger partial charge in [0.15, 0.2) is 0 Å². The molecule has 0 radical (unpaired) electrons. The van der Waals surface area contributed by atoms with Gasteiger partial charge in [-0.15, -0.1) is 0 Å². The Morgan fingerprint density at radius 1 is 1.30 bits per heavy atom. The van der Waals surface area contributed by atoms with Crippen LogP contribution in [0.2, 0.25) is 0 Å². The minimum atomic E-state index is -4.19. The first-order chi connectivity index (χ1) is 9.15. The van der Waals surface area contributed by atoms with E-state index in [0.717, 1.165) is 6.07 Å². The molecule has 20 heavy (non-hydrogen) atoms. The smallest absolute Gasteiger partial charge is 0.244 e. The molecule has 0 fully saturated rings. The van der Waals surface area contributed by atoms with Crippen LogP contribution in [0.4, 0.5) is 8.78 Å². The summed E-state index contributed by atoms with van der Waals surface area (Å²) >= 11 is 2.83. The second kappa shape index (κ2) is 6.46. The lowest BCUT2D eigenvalue weighted by atomic mass is 9.98. The number of rotatable bonds is 6. The normalized spacial score (nSPS) is 12.7. The van der Waals surface area contributed by atoms with E-state index >= 15 is 0 Å². The van der Waals surface area contributed by atoms with Crippen LogP contribution in [0.5, 0.6) is 0 Å². The molecular weight excluding hydrogens is 356 g/mol. The predicted octanol–water partition coefficient (Wildman–Crippen LogP) is 2.56. The second-order valence-electron chi connectivity index (χ2n) is 4.45. The Labute approximate surface area is 125 Å². The highest BCUT2D eigenvalue weighted by atomic mass is 79.9. The van der Waals surface area contributed by atoms with Crippen molar-refractivity contribution in [2.75, 3.05) is 6.54 Å². The van der Waals surface area contributed by atoms with Crippen LogP contribution in [0.15, 0.2) is 21.5 Å². The summed E-state index contributed by atoms with van der Waals surface area (Å²) in [5, 5.41) is 10.0. The number of benzene rings is 1. The molecule has 0 heterocycles. The molecule has 2 N–H and O–H groups in total. The molecule has 0 saturated heterocycles. The van der Waals surface area contributed by atoms with E-state index in [1.807, 2.05) is 0 Å². The average molecular weight is 372 g/mol. The maximum Gasteiger partial charge on any atom is 0.244 e. The fraction of sp³-hybridized carbons (Fsp3) is 0.500. The number of hydrogen-bond donors (Lipinski definition) is 2. The molecule has 0 saturated carbocycles. The Morgan fingerprint density at radius 2 is 1.85 bits per heavy atom. The standard InChI is InChI=1S/C12H16BrF2NO3S/c1-3-12(17,4-2)7-16-20(18,19)11-9(13)5-8(14)6-10(11)15/h5-6,16-17H,3-4,7H2,1-2H3. The number of hydrogen-bond acceptors (Lipinski definition) is 3. The fourth-order valence-electron chi connectivity index (χ4n) is 1.59. The highest BCUT2D eigenvalue weighted by molar-refractivity contribution is 9.10. The molecule has 0 aromatic heterocycles. The summed E-state index contributed by atoms with van der Waals surface area (Å²) in [5.74, 6) is -2.08. The van der Waals surface area contributed by atoms with Crippen LogP contribution in [-0.2, 0) is 10.0 Å². The molecule has 0 amide bonds. The minimum absolute atomic E-state index is 0.209. The molecule has 4 nitrogen and oxygen atoms in total. The van der Waals surface area contributed by atoms with Crippen molar-refractivity contribution in [3.05, 3.63) is 28.2 Å². The number of sulfonamides is 1. The molecule has 1 aromatic rings. The third-order valence-electron chi connectivity index (χ3n) is 3.14. The van der Waals surface area contributed by atoms with Gasteiger partial charge in [-0.05, 0) is 34.8 Å². The Balaban J connectivity index is 3.07. The molecule has 1 rings (SSSR count). The van der Waals surface area contributed by atoms with E-state index in [0.29, 0.717) is 18.9 Å². The molecule has 1 aromatic carbocycles. The van der Waals surface area contributed by atoms with Crippen molar-refractivity contribution in [3.63, 3.8) is 0 Å². The van der Waals surface area contributed by atoms with Crippen molar-refractivity contribution in [1.82, 2.24) is 4.72 Å². The van der Waals surface area contributed by atoms with E-state index in [2.05, 4.69) is 20.7 Å². The molecule has 0 aliphatic carbocycles. The Kier molecular flexibility index (Phi) is 5.65. The topological polar surface area (TPSA) is 66.4 Å². The molecule has 0 atom stereocenters. The van der Waals surface area contributed by atoms with Crippen LogP contribution in [0, 0.1) is 11.6 Å². The van der Waals surface area contributed by atoms with Gasteiger partial charge in [-0.25, -0.2) is 21.9 Å². The van der Waals surface area contributed by atoms with Crippen molar-refractivity contribution in [2.24, 2.45) is 0 Å². The van der Waals surface area contributed by atoms with Crippen molar-refractivity contribution in [2.45, 2.75) is 37.2 Å². The van der Waals surface area contributed by atoms with Gasteiger partial charge in [-0.2, -0.15) is 0 Å². The maximum absolute atomic E-state index is 13.6. The lowest BCUT2D eigenvalue weighted by Crippen LogP contribution is -2.42. The van der Waals surface area contributed by atoms with Crippen molar-refractivity contribution in [1.29, 1.82) is 0 Å². The number of aliphatic hydroxyl groups is 1. The Hall–Kier alpha value is -0.570. The number of nitrogens with one attached hydrogen (secondary N) is 1. The fourth-order valence-corrected chi connectivity index (χ4v) is 3.87. The SMILES string of the molecule is CCC(O)(CC)CNS(=O)(=O)c1c(F)cc(F)cc1Br. The van der Waals surface area contributed by atoms with Crippen molar-refractivity contribution < 1.29 is 22.3 Å². The summed E-state index contributed by atoms with van der Waals surface area (Å²) in [5.41, 5.74) is -1.20. The maximum atomic E-state index is 13.6. The predicted molar refractivity (Wildman–Crippen MR) is 74.8 cm³/mol. The van der Waals surface area contributed by atoms with E-state index in [-0.39, 0.29) is 11.0 Å². The number of halogens is 3. The molecular formula is C12H16BrF2NO3S. The molecule has 0 aliphatic rings. The summed E-state index contributed by atoms with van der Waals surface area (Å²) in [6.07, 6.45) is 0.693. The van der Waals surface area contributed by atoms with Crippen LogP contribution in [0.25, 0.3) is 0 Å². The first-order valence-corrected chi connectivity index (χ1v) is 8.29. The highest BCUT2D eigenvalue weighted by Gasteiger charge is 2.28. The lowest BCUT2D eigenvalue weighted by molar-refractivity contribution is 0.0377. The van der Waals surface area contributed by atoms with Gasteiger partial charge in [0.05, 0.1) is 5.60 Å².